The molecule has 1 unspecified atom stereocenters. The number of para-hydroxylation sites is 1. The van der Waals surface area contributed by atoms with Gasteiger partial charge in [0.25, 0.3) is 0 Å². The molecule has 0 radical (unpaired) electrons. The van der Waals surface area contributed by atoms with Crippen LogP contribution in [0.4, 0.5) is 18.9 Å². The van der Waals surface area contributed by atoms with Gasteiger partial charge in [-0.3, -0.25) is 9.36 Å². The van der Waals surface area contributed by atoms with Crippen LogP contribution >= 0.6 is 11.8 Å². The molecule has 0 aliphatic heterocycles. The number of anilines is 1. The first-order chi connectivity index (χ1) is 14.3. The Morgan fingerprint density at radius 2 is 2.03 bits per heavy atom. The fourth-order valence-electron chi connectivity index (χ4n) is 3.02. The molecule has 1 amide bonds. The molecule has 158 valence electrons. The Labute approximate surface area is 174 Å². The van der Waals surface area contributed by atoms with E-state index < -0.39 is 22.9 Å². The van der Waals surface area contributed by atoms with Crippen LogP contribution in [0.3, 0.4) is 0 Å². The van der Waals surface area contributed by atoms with E-state index in [9.17, 15) is 18.0 Å². The number of alkyl halides is 3. The topological polar surface area (TPSA) is 73.0 Å². The Morgan fingerprint density at radius 1 is 1.27 bits per heavy atom. The second-order valence-electron chi connectivity index (χ2n) is 7.07. The number of furan rings is 1. The Kier molecular flexibility index (Phi) is 5.59. The molecule has 4 rings (SSSR count). The van der Waals surface area contributed by atoms with E-state index in [-0.39, 0.29) is 5.69 Å². The van der Waals surface area contributed by atoms with Gasteiger partial charge in [-0.05, 0) is 44.0 Å². The largest absolute Gasteiger partial charge is 0.467 e. The lowest BCUT2D eigenvalue weighted by Crippen LogP contribution is -2.24. The van der Waals surface area contributed by atoms with Crippen LogP contribution < -0.4 is 5.32 Å². The zero-order valence-corrected chi connectivity index (χ0v) is 16.8. The van der Waals surface area contributed by atoms with Crippen molar-refractivity contribution in [2.45, 2.75) is 48.8 Å². The van der Waals surface area contributed by atoms with Crippen molar-refractivity contribution in [3.63, 3.8) is 0 Å². The van der Waals surface area contributed by atoms with Gasteiger partial charge in [-0.2, -0.15) is 13.2 Å². The van der Waals surface area contributed by atoms with Crippen LogP contribution in [0.1, 0.15) is 42.8 Å². The van der Waals surface area contributed by atoms with E-state index in [1.165, 1.54) is 18.2 Å². The number of benzene rings is 1. The van der Waals surface area contributed by atoms with Gasteiger partial charge < -0.3 is 9.73 Å². The van der Waals surface area contributed by atoms with Gasteiger partial charge in [-0.15, -0.1) is 10.2 Å². The van der Waals surface area contributed by atoms with E-state index in [0.717, 1.165) is 42.3 Å². The lowest BCUT2D eigenvalue weighted by Gasteiger charge is -2.16. The number of rotatable bonds is 7. The van der Waals surface area contributed by atoms with Gasteiger partial charge in [0.15, 0.2) is 5.16 Å². The van der Waals surface area contributed by atoms with E-state index in [1.54, 1.807) is 19.3 Å². The number of hydrogen-bond acceptors (Lipinski definition) is 5. The fourth-order valence-corrected chi connectivity index (χ4v) is 3.88. The summed E-state index contributed by atoms with van der Waals surface area (Å²) < 4.78 is 46.9. The van der Waals surface area contributed by atoms with Crippen LogP contribution in [0.25, 0.3) is 0 Å². The van der Waals surface area contributed by atoms with Gasteiger partial charge in [0.1, 0.15) is 11.6 Å². The normalized spacial score (nSPS) is 15.2. The van der Waals surface area contributed by atoms with Crippen LogP contribution in [0.15, 0.2) is 52.2 Å². The molecule has 3 aromatic rings. The van der Waals surface area contributed by atoms with Crippen molar-refractivity contribution in [3.8, 4) is 0 Å². The lowest BCUT2D eigenvalue weighted by atomic mass is 10.1. The van der Waals surface area contributed by atoms with E-state index in [1.807, 2.05) is 10.6 Å². The maximum atomic E-state index is 13.2. The highest BCUT2D eigenvalue weighted by Gasteiger charge is 2.34. The van der Waals surface area contributed by atoms with Gasteiger partial charge >= 0.3 is 6.18 Å². The van der Waals surface area contributed by atoms with Crippen molar-refractivity contribution >= 4 is 23.4 Å². The van der Waals surface area contributed by atoms with Gasteiger partial charge in [-0.25, -0.2) is 0 Å². The van der Waals surface area contributed by atoms with Gasteiger partial charge in [0.2, 0.25) is 5.91 Å². The summed E-state index contributed by atoms with van der Waals surface area (Å²) in [6.45, 7) is 2.05. The molecule has 1 fully saturated rings. The van der Waals surface area contributed by atoms with Gasteiger partial charge in [0.05, 0.1) is 29.3 Å². The Morgan fingerprint density at radius 3 is 2.70 bits per heavy atom. The van der Waals surface area contributed by atoms with Crippen LogP contribution in [-0.2, 0) is 17.5 Å². The van der Waals surface area contributed by atoms with Crippen LogP contribution in [0, 0.1) is 0 Å². The predicted molar refractivity (Wildman–Crippen MR) is 105 cm³/mol. The third-order valence-corrected chi connectivity index (χ3v) is 5.80. The van der Waals surface area contributed by atoms with Crippen molar-refractivity contribution in [2.75, 3.05) is 5.32 Å². The number of halogens is 3. The highest BCUT2D eigenvalue weighted by molar-refractivity contribution is 8.00. The molecule has 1 saturated carbocycles. The summed E-state index contributed by atoms with van der Waals surface area (Å²) in [4.78, 5) is 12.6. The minimum absolute atomic E-state index is 0.266. The van der Waals surface area contributed by atoms with E-state index in [2.05, 4.69) is 15.5 Å². The number of hydrogen-bond donors (Lipinski definition) is 1. The minimum Gasteiger partial charge on any atom is -0.467 e. The second-order valence-corrected chi connectivity index (χ2v) is 8.38. The summed E-state index contributed by atoms with van der Waals surface area (Å²) in [7, 11) is 0. The fraction of sp³-hybridized carbons (Fsp3) is 0.350. The molecule has 6 nitrogen and oxygen atoms in total. The monoisotopic (exact) mass is 436 g/mol. The SMILES string of the molecule is CC(Sc1nnc(C2CC2)n1Cc1ccco1)C(=O)Nc1ccccc1C(F)(F)F. The number of nitrogens with one attached hydrogen (secondary N) is 1. The zero-order valence-electron chi connectivity index (χ0n) is 16.0. The number of aromatic nitrogens is 3. The van der Waals surface area contributed by atoms with Gasteiger partial charge in [-0.1, -0.05) is 23.9 Å². The average molecular weight is 436 g/mol. The molecule has 1 aliphatic carbocycles. The summed E-state index contributed by atoms with van der Waals surface area (Å²) in [6, 6.07) is 8.54. The first-order valence-electron chi connectivity index (χ1n) is 9.42. The molecular formula is C20H19F3N4O2S. The summed E-state index contributed by atoms with van der Waals surface area (Å²) >= 11 is 1.15. The molecule has 1 aliphatic rings. The third kappa shape index (κ3) is 4.53. The Balaban J connectivity index is 1.50. The second kappa shape index (κ2) is 8.17. The van der Waals surface area contributed by atoms with Gasteiger partial charge in [0, 0.05) is 5.92 Å². The number of thioether (sulfide) groups is 1. The van der Waals surface area contributed by atoms with E-state index >= 15 is 0 Å². The molecule has 0 spiro atoms. The lowest BCUT2D eigenvalue weighted by molar-refractivity contribution is -0.137. The molecule has 1 aromatic carbocycles. The number of amides is 1. The van der Waals surface area contributed by atoms with E-state index in [4.69, 9.17) is 4.42 Å². The number of carbonyl (C=O) groups is 1. The molecule has 0 bridgehead atoms. The zero-order chi connectivity index (χ0) is 21.3. The first-order valence-corrected chi connectivity index (χ1v) is 10.3. The molecule has 0 saturated heterocycles. The van der Waals surface area contributed by atoms with E-state index in [0.29, 0.717) is 17.6 Å². The molecule has 2 heterocycles. The standard InChI is InChI=1S/C20H19F3N4O2S/c1-12(18(28)24-16-7-3-2-6-15(16)20(21,22)23)30-19-26-25-17(13-8-9-13)27(19)11-14-5-4-10-29-14/h2-7,10,12-13H,8-9,11H2,1H3,(H,24,28). The van der Waals surface area contributed by atoms with Crippen molar-refractivity contribution in [1.82, 2.24) is 14.8 Å². The van der Waals surface area contributed by atoms with Crippen molar-refractivity contribution in [2.24, 2.45) is 0 Å². The molecule has 1 N–H and O–H groups in total. The molecule has 30 heavy (non-hydrogen) atoms. The highest BCUT2D eigenvalue weighted by Crippen LogP contribution is 2.41. The summed E-state index contributed by atoms with van der Waals surface area (Å²) in [5.74, 6) is 1.36. The number of carbonyl (C=O) groups excluding carboxylic acids is 1. The maximum absolute atomic E-state index is 13.2. The quantitative estimate of drug-likeness (QED) is 0.532. The number of nitrogens with zero attached hydrogens (tertiary/aromatic N) is 3. The molecular weight excluding hydrogens is 417 g/mol. The van der Waals surface area contributed by atoms with Crippen LogP contribution in [-0.4, -0.2) is 25.9 Å². The summed E-state index contributed by atoms with van der Waals surface area (Å²) in [5, 5.41) is 10.7. The Bertz CT molecular complexity index is 1030. The van der Waals surface area contributed by atoms with Crippen LogP contribution in [0.2, 0.25) is 0 Å². The highest BCUT2D eigenvalue weighted by atomic mass is 32.2. The average Bonchev–Trinajstić information content (AvgIpc) is 3.27. The minimum atomic E-state index is -4.55. The van der Waals surface area contributed by atoms with Crippen molar-refractivity contribution < 1.29 is 22.4 Å². The third-order valence-electron chi connectivity index (χ3n) is 4.72. The van der Waals surface area contributed by atoms with Crippen molar-refractivity contribution in [3.05, 3.63) is 59.8 Å². The maximum Gasteiger partial charge on any atom is 0.418 e. The summed E-state index contributed by atoms with van der Waals surface area (Å²) in [6.07, 6.45) is -0.906. The first kappa shape index (κ1) is 20.5. The Hall–Kier alpha value is -2.75. The van der Waals surface area contributed by atoms with Crippen LogP contribution in [0.5, 0.6) is 0 Å². The predicted octanol–water partition coefficient (Wildman–Crippen LogP) is 4.93. The molecule has 10 heteroatoms. The van der Waals surface area contributed by atoms with Crippen molar-refractivity contribution in [1.29, 1.82) is 0 Å². The molecule has 1 atom stereocenters. The smallest absolute Gasteiger partial charge is 0.418 e. The summed E-state index contributed by atoms with van der Waals surface area (Å²) in [5.41, 5.74) is -1.15. The molecule has 2 aromatic heterocycles.